The Hall–Kier alpha value is -5.87. The third-order valence-corrected chi connectivity index (χ3v) is 11.2. The van der Waals surface area contributed by atoms with Gasteiger partial charge in [0.25, 0.3) is 0 Å². The van der Waals surface area contributed by atoms with Crippen LogP contribution in [0.1, 0.15) is 56.4 Å². The van der Waals surface area contributed by atoms with Gasteiger partial charge in [-0.2, -0.15) is 0 Å². The van der Waals surface area contributed by atoms with Gasteiger partial charge in [0.05, 0.1) is 50.6 Å². The van der Waals surface area contributed by atoms with Crippen LogP contribution in [0.15, 0.2) is 84.9 Å². The molecule has 0 aromatic heterocycles. The molecular weight excluding hydrogens is 756 g/mol. The normalized spacial score (nSPS) is 29.3. The third kappa shape index (κ3) is 6.73. The Bertz CT molecular complexity index is 2170. The molecule has 4 aromatic carbocycles. The molecule has 15 nitrogen and oxygen atoms in total. The first kappa shape index (κ1) is 37.7. The molecule has 0 saturated carbocycles. The molecule has 0 spiro atoms. The van der Waals surface area contributed by atoms with Crippen molar-refractivity contribution in [1.29, 1.82) is 0 Å². The molecule has 3 saturated heterocycles. The van der Waals surface area contributed by atoms with Crippen LogP contribution in [0.4, 0.5) is 0 Å². The van der Waals surface area contributed by atoms with Gasteiger partial charge in [-0.05, 0) is 72.1 Å². The number of phenolic OH excluding ortho intramolecular Hbond substituents is 1. The van der Waals surface area contributed by atoms with Crippen molar-refractivity contribution in [1.82, 2.24) is 0 Å². The highest BCUT2D eigenvalue weighted by atomic mass is 16.8. The third-order valence-electron chi connectivity index (χ3n) is 11.2. The van der Waals surface area contributed by atoms with Crippen molar-refractivity contribution in [2.45, 2.75) is 55.9 Å². The minimum absolute atomic E-state index is 0.0244. The fraction of sp³-hybridized carbons (Fsp3) is 0.372. The number of esters is 3. The zero-order valence-electron chi connectivity index (χ0n) is 31.6. The summed E-state index contributed by atoms with van der Waals surface area (Å²) in [5, 5.41) is 10.8. The maximum Gasteiger partial charge on any atom is 0.338 e. The van der Waals surface area contributed by atoms with E-state index in [1.165, 1.54) is 14.2 Å². The first-order valence-corrected chi connectivity index (χ1v) is 18.9. The molecule has 0 amide bonds. The average molecular weight is 797 g/mol. The zero-order chi connectivity index (χ0) is 40.1. The minimum Gasteiger partial charge on any atom is -0.502 e. The second-order valence-electron chi connectivity index (χ2n) is 14.5. The Morgan fingerprint density at radius 2 is 1.34 bits per heavy atom. The van der Waals surface area contributed by atoms with Gasteiger partial charge in [0.2, 0.25) is 12.5 Å². The SMILES string of the molecule is COc1cc([C@@H]2c3cc4c(cc3[C@@H](O[C@@H]3O[C@@H]5CO[C@@H](C)O[C@H]5[C@H](OC(=O)c5ccccc5)[C@H]3OC(=O)c3ccccc3)[C@H]3COC(=O)[C@H]23)OCO4)cc(OC)c1O. The predicted molar refractivity (Wildman–Crippen MR) is 198 cm³/mol. The van der Waals surface area contributed by atoms with E-state index in [-0.39, 0.29) is 48.4 Å². The van der Waals surface area contributed by atoms with Gasteiger partial charge in [-0.1, -0.05) is 36.4 Å². The molecule has 5 aliphatic rings. The number of fused-ring (bicyclic) bond motifs is 4. The van der Waals surface area contributed by atoms with Crippen molar-refractivity contribution in [2.24, 2.45) is 11.8 Å². The molecule has 4 aromatic rings. The summed E-state index contributed by atoms with van der Waals surface area (Å²) in [6.45, 7) is 1.69. The number of aromatic hydroxyl groups is 1. The number of methoxy groups -OCH3 is 2. The highest BCUT2D eigenvalue weighted by molar-refractivity contribution is 5.90. The number of cyclic esters (lactones) is 1. The van der Waals surface area contributed by atoms with Crippen LogP contribution in [0, 0.1) is 11.8 Å². The van der Waals surface area contributed by atoms with Crippen molar-refractivity contribution >= 4 is 17.9 Å². The lowest BCUT2D eigenvalue weighted by Crippen LogP contribution is -2.65. The van der Waals surface area contributed by atoms with Crippen LogP contribution in [0.2, 0.25) is 0 Å². The molecule has 58 heavy (non-hydrogen) atoms. The smallest absolute Gasteiger partial charge is 0.338 e. The summed E-state index contributed by atoms with van der Waals surface area (Å²) in [4.78, 5) is 41.6. The quantitative estimate of drug-likeness (QED) is 0.176. The second kappa shape index (κ2) is 15.5. The predicted octanol–water partition coefficient (Wildman–Crippen LogP) is 5.07. The molecule has 15 heteroatoms. The van der Waals surface area contributed by atoms with Gasteiger partial charge in [-0.3, -0.25) is 4.79 Å². The van der Waals surface area contributed by atoms with Gasteiger partial charge in [0, 0.05) is 11.8 Å². The van der Waals surface area contributed by atoms with Gasteiger partial charge in [-0.25, -0.2) is 9.59 Å². The second-order valence-corrected chi connectivity index (χ2v) is 14.5. The van der Waals surface area contributed by atoms with Crippen molar-refractivity contribution in [3.05, 3.63) is 113 Å². The highest BCUT2D eigenvalue weighted by Gasteiger charge is 2.58. The molecule has 1 N–H and O–H groups in total. The fourth-order valence-electron chi connectivity index (χ4n) is 8.49. The molecule has 0 unspecified atom stereocenters. The molecule has 4 heterocycles. The Balaban J connectivity index is 1.15. The lowest BCUT2D eigenvalue weighted by atomic mass is 9.66. The number of phenols is 1. The summed E-state index contributed by atoms with van der Waals surface area (Å²) < 4.78 is 66.5. The number of hydrogen-bond acceptors (Lipinski definition) is 15. The van der Waals surface area contributed by atoms with E-state index in [2.05, 4.69) is 0 Å². The minimum atomic E-state index is -1.40. The van der Waals surface area contributed by atoms with Crippen molar-refractivity contribution in [2.75, 3.05) is 34.2 Å². The van der Waals surface area contributed by atoms with Crippen LogP contribution in [-0.4, -0.2) is 94.2 Å². The highest BCUT2D eigenvalue weighted by Crippen LogP contribution is 2.57. The van der Waals surface area contributed by atoms with E-state index in [9.17, 15) is 19.5 Å². The molecule has 0 radical (unpaired) electrons. The standard InChI is InChI=1S/C43H40O15/c1-21-50-19-32-37(54-21)38(56-40(45)22-10-6-4-7-11-22)39(57-41(46)23-12-8-5-9-13-23)43(55-32)58-36-26-17-29-28(52-20-53-29)16-25(26)33(34-27(36)18-51-42(34)47)24-14-30(48-2)35(44)31(15-24)49-3/h4-17,21,27,32-34,36-39,43-44H,18-20H2,1-3H3/t21-,27+,32-,33-,34+,36-,37-,38+,39-,43+/m1/s1. The monoisotopic (exact) mass is 796 g/mol. The van der Waals surface area contributed by atoms with Crippen LogP contribution < -0.4 is 18.9 Å². The van der Waals surface area contributed by atoms with Crippen molar-refractivity contribution in [3.8, 4) is 28.7 Å². The fourth-order valence-corrected chi connectivity index (χ4v) is 8.49. The van der Waals surface area contributed by atoms with Crippen LogP contribution in [-0.2, 0) is 38.0 Å². The summed E-state index contributed by atoms with van der Waals surface area (Å²) in [6, 6.07) is 23.7. The van der Waals surface area contributed by atoms with Gasteiger partial charge in [-0.15, -0.1) is 0 Å². The number of carbonyl (C=O) groups is 3. The molecular formula is C43H40O15. The van der Waals surface area contributed by atoms with Gasteiger partial charge in [0.15, 0.2) is 47.8 Å². The molecule has 0 bridgehead atoms. The van der Waals surface area contributed by atoms with E-state index < -0.39 is 78.8 Å². The average Bonchev–Trinajstić information content (AvgIpc) is 3.88. The first-order valence-electron chi connectivity index (χ1n) is 18.9. The van der Waals surface area contributed by atoms with Gasteiger partial charge >= 0.3 is 17.9 Å². The van der Waals surface area contributed by atoms with E-state index in [4.69, 9.17) is 52.1 Å². The molecule has 4 aliphatic heterocycles. The van der Waals surface area contributed by atoms with E-state index in [0.717, 1.165) is 0 Å². The van der Waals surface area contributed by atoms with Gasteiger partial charge < -0.3 is 57.2 Å². The maximum atomic E-state index is 13.9. The van der Waals surface area contributed by atoms with Gasteiger partial charge in [0.1, 0.15) is 12.2 Å². The maximum absolute atomic E-state index is 13.9. The first-order chi connectivity index (χ1) is 28.2. The van der Waals surface area contributed by atoms with Crippen LogP contribution >= 0.6 is 0 Å². The summed E-state index contributed by atoms with van der Waals surface area (Å²) >= 11 is 0. The summed E-state index contributed by atoms with van der Waals surface area (Å²) in [7, 11) is 2.84. The lowest BCUT2D eigenvalue weighted by Gasteiger charge is -2.49. The van der Waals surface area contributed by atoms with Crippen molar-refractivity contribution < 1.29 is 71.6 Å². The topological polar surface area (TPSA) is 173 Å². The molecule has 3 fully saturated rings. The summed E-state index contributed by atoms with van der Waals surface area (Å²) in [5.74, 6) is -2.99. The zero-order valence-corrected chi connectivity index (χ0v) is 31.6. The lowest BCUT2D eigenvalue weighted by molar-refractivity contribution is -0.362. The van der Waals surface area contributed by atoms with E-state index in [1.807, 2.05) is 0 Å². The van der Waals surface area contributed by atoms with Crippen LogP contribution in [0.5, 0.6) is 28.7 Å². The Labute approximate surface area is 332 Å². The van der Waals surface area contributed by atoms with E-state index in [0.29, 0.717) is 28.2 Å². The van der Waals surface area contributed by atoms with E-state index in [1.54, 1.807) is 91.9 Å². The van der Waals surface area contributed by atoms with Crippen LogP contribution in [0.25, 0.3) is 0 Å². The Morgan fingerprint density at radius 3 is 1.97 bits per heavy atom. The number of ether oxygens (including phenoxy) is 11. The largest absolute Gasteiger partial charge is 0.502 e. The number of carbonyl (C=O) groups excluding carboxylic acids is 3. The van der Waals surface area contributed by atoms with Crippen LogP contribution in [0.3, 0.4) is 0 Å². The molecule has 9 rings (SSSR count). The Kier molecular flexibility index (Phi) is 10.1. The summed E-state index contributed by atoms with van der Waals surface area (Å²) in [6.07, 6.45) is -7.41. The molecule has 302 valence electrons. The number of rotatable bonds is 9. The molecule has 1 aliphatic carbocycles. The Morgan fingerprint density at radius 1 is 0.741 bits per heavy atom. The van der Waals surface area contributed by atoms with Crippen molar-refractivity contribution in [3.63, 3.8) is 0 Å². The molecule has 10 atom stereocenters. The summed E-state index contributed by atoms with van der Waals surface area (Å²) in [5.41, 5.74) is 2.36. The number of hydrogen-bond donors (Lipinski definition) is 1. The van der Waals surface area contributed by atoms with E-state index >= 15 is 0 Å². The number of benzene rings is 4.